The van der Waals surface area contributed by atoms with Crippen molar-refractivity contribution in [3.63, 3.8) is 0 Å². The Balaban J connectivity index is 1.60. The first-order chi connectivity index (χ1) is 13.0. The van der Waals surface area contributed by atoms with Gasteiger partial charge >= 0.3 is 0 Å². The predicted octanol–water partition coefficient (Wildman–Crippen LogP) is 2.85. The summed E-state index contributed by atoms with van der Waals surface area (Å²) in [5, 5.41) is 0. The number of primary amides is 1. The largest absolute Gasteiger partial charge is 0.468 e. The third kappa shape index (κ3) is 3.07. The van der Waals surface area contributed by atoms with Gasteiger partial charge in [0.2, 0.25) is 11.8 Å². The molecule has 140 valence electrons. The second kappa shape index (κ2) is 6.72. The van der Waals surface area contributed by atoms with E-state index in [1.54, 1.807) is 4.90 Å². The van der Waals surface area contributed by atoms with Gasteiger partial charge in [-0.15, -0.1) is 0 Å². The second-order valence-corrected chi connectivity index (χ2v) is 7.58. The Kier molecular flexibility index (Phi) is 4.38. The third-order valence-electron chi connectivity index (χ3n) is 5.75. The van der Waals surface area contributed by atoms with Crippen LogP contribution in [0.5, 0.6) is 5.75 Å². The summed E-state index contributed by atoms with van der Waals surface area (Å²) in [7, 11) is 0. The zero-order valence-electron chi connectivity index (χ0n) is 15.4. The number of hydrogen-bond acceptors (Lipinski definition) is 3. The number of hydrogen-bond donors (Lipinski definition) is 1. The number of benzene rings is 2. The topological polar surface area (TPSA) is 72.6 Å². The van der Waals surface area contributed by atoms with E-state index in [1.165, 1.54) is 5.56 Å². The van der Waals surface area contributed by atoms with Crippen LogP contribution < -0.4 is 10.5 Å². The van der Waals surface area contributed by atoms with E-state index in [4.69, 9.17) is 10.5 Å². The van der Waals surface area contributed by atoms with Gasteiger partial charge in [0.1, 0.15) is 11.7 Å². The van der Waals surface area contributed by atoms with E-state index in [2.05, 4.69) is 12.1 Å². The molecule has 2 aliphatic heterocycles. The predicted molar refractivity (Wildman–Crippen MR) is 102 cm³/mol. The second-order valence-electron chi connectivity index (χ2n) is 7.58. The molecule has 3 atom stereocenters. The standard InChI is InChI=1S/C22H24N2O3/c1-22-14-17(16-11-5-6-12-18(16)27-22)19(20(23)25)21(26)24(22)13-7-10-15-8-3-2-4-9-15/h2-6,8-9,11-12,17,19H,7,10,13-14H2,1H3,(H2,23,25)/t17-,19+,22-/m0/s1. The minimum absolute atomic E-state index is 0.219. The fourth-order valence-electron chi connectivity index (χ4n) is 4.46. The lowest BCUT2D eigenvalue weighted by atomic mass is 9.73. The number of aryl methyl sites for hydroxylation is 1. The van der Waals surface area contributed by atoms with Crippen LogP contribution >= 0.6 is 0 Å². The molecule has 2 aromatic rings. The highest BCUT2D eigenvalue weighted by Gasteiger charge is 2.55. The van der Waals surface area contributed by atoms with Crippen molar-refractivity contribution in [3.05, 3.63) is 65.7 Å². The molecule has 5 nitrogen and oxygen atoms in total. The summed E-state index contributed by atoms with van der Waals surface area (Å²) < 4.78 is 6.26. The monoisotopic (exact) mass is 364 g/mol. The van der Waals surface area contributed by atoms with Crippen LogP contribution in [0, 0.1) is 5.92 Å². The van der Waals surface area contributed by atoms with Crippen LogP contribution in [0.3, 0.4) is 0 Å². The van der Waals surface area contributed by atoms with Crippen molar-refractivity contribution in [1.29, 1.82) is 0 Å². The third-order valence-corrected chi connectivity index (χ3v) is 5.75. The fraction of sp³-hybridized carbons (Fsp3) is 0.364. The maximum atomic E-state index is 13.2. The number of nitrogens with two attached hydrogens (primary N) is 1. The van der Waals surface area contributed by atoms with Gasteiger partial charge in [0.05, 0.1) is 0 Å². The highest BCUT2D eigenvalue weighted by atomic mass is 16.5. The van der Waals surface area contributed by atoms with Gasteiger partial charge in [0.25, 0.3) is 0 Å². The molecule has 1 saturated heterocycles. The summed E-state index contributed by atoms with van der Waals surface area (Å²) in [6, 6.07) is 17.8. The first-order valence-corrected chi connectivity index (χ1v) is 9.42. The van der Waals surface area contributed by atoms with E-state index >= 15 is 0 Å². The van der Waals surface area contributed by atoms with Gasteiger partial charge in [0.15, 0.2) is 5.72 Å². The number of amides is 2. The quantitative estimate of drug-likeness (QED) is 0.829. The van der Waals surface area contributed by atoms with E-state index in [0.717, 1.165) is 24.2 Å². The Morgan fingerprint density at radius 1 is 1.19 bits per heavy atom. The molecule has 0 aliphatic carbocycles. The number of carbonyl (C=O) groups excluding carboxylic acids is 2. The number of para-hydroxylation sites is 1. The normalized spacial score (nSPS) is 26.3. The molecular weight excluding hydrogens is 340 g/mol. The average Bonchev–Trinajstić information content (AvgIpc) is 2.65. The molecule has 0 aromatic heterocycles. The van der Waals surface area contributed by atoms with Crippen LogP contribution in [-0.2, 0) is 16.0 Å². The molecule has 0 spiro atoms. The number of rotatable bonds is 5. The SMILES string of the molecule is C[C@@]12C[C@@H](c3ccccc3O1)[C@H](C(N)=O)C(=O)N2CCCc1ccccc1. The minimum atomic E-state index is -0.833. The Morgan fingerprint density at radius 2 is 1.89 bits per heavy atom. The van der Waals surface area contributed by atoms with Crippen molar-refractivity contribution >= 4 is 11.8 Å². The molecule has 0 unspecified atom stereocenters. The van der Waals surface area contributed by atoms with E-state index in [0.29, 0.717) is 13.0 Å². The molecular formula is C22H24N2O3. The lowest BCUT2D eigenvalue weighted by Crippen LogP contribution is -2.64. The van der Waals surface area contributed by atoms with Crippen molar-refractivity contribution in [2.45, 2.75) is 37.8 Å². The fourth-order valence-corrected chi connectivity index (χ4v) is 4.46. The number of fused-ring (bicyclic) bond motifs is 4. The number of carbonyl (C=O) groups is 2. The molecule has 2 N–H and O–H groups in total. The zero-order valence-corrected chi connectivity index (χ0v) is 15.4. The van der Waals surface area contributed by atoms with Crippen molar-refractivity contribution in [1.82, 2.24) is 4.90 Å². The van der Waals surface area contributed by atoms with Gasteiger partial charge in [-0.2, -0.15) is 0 Å². The maximum absolute atomic E-state index is 13.2. The van der Waals surface area contributed by atoms with Crippen LogP contribution in [0.1, 0.15) is 36.8 Å². The summed E-state index contributed by atoms with van der Waals surface area (Å²) in [6.07, 6.45) is 2.24. The number of piperidine rings is 1. The van der Waals surface area contributed by atoms with Gasteiger partial charge < -0.3 is 15.4 Å². The van der Waals surface area contributed by atoms with Crippen molar-refractivity contribution in [2.24, 2.45) is 11.7 Å². The first kappa shape index (κ1) is 17.6. The van der Waals surface area contributed by atoms with E-state index in [-0.39, 0.29) is 11.8 Å². The van der Waals surface area contributed by atoms with Crippen LogP contribution in [0.4, 0.5) is 0 Å². The molecule has 2 amide bonds. The van der Waals surface area contributed by atoms with Crippen molar-refractivity contribution in [2.75, 3.05) is 6.54 Å². The summed E-state index contributed by atoms with van der Waals surface area (Å²) in [5.41, 5.74) is 7.02. The van der Waals surface area contributed by atoms with Gasteiger partial charge in [-0.1, -0.05) is 48.5 Å². The minimum Gasteiger partial charge on any atom is -0.468 e. The van der Waals surface area contributed by atoms with E-state index in [1.807, 2.05) is 49.4 Å². The zero-order chi connectivity index (χ0) is 19.0. The van der Waals surface area contributed by atoms with Gasteiger partial charge in [-0.3, -0.25) is 9.59 Å². The summed E-state index contributed by atoms with van der Waals surface area (Å²) in [6.45, 7) is 2.47. The molecule has 0 saturated carbocycles. The lowest BCUT2D eigenvalue weighted by molar-refractivity contribution is -0.175. The first-order valence-electron chi connectivity index (χ1n) is 9.42. The van der Waals surface area contributed by atoms with Crippen molar-refractivity contribution < 1.29 is 14.3 Å². The van der Waals surface area contributed by atoms with Crippen LogP contribution in [0.15, 0.2) is 54.6 Å². The highest BCUT2D eigenvalue weighted by molar-refractivity contribution is 6.01. The Labute approximate surface area is 159 Å². The molecule has 5 heteroatoms. The van der Waals surface area contributed by atoms with Gasteiger partial charge in [-0.05, 0) is 37.0 Å². The van der Waals surface area contributed by atoms with E-state index in [9.17, 15) is 9.59 Å². The number of likely N-dealkylation sites (tertiary alicyclic amines) is 1. The van der Waals surface area contributed by atoms with Gasteiger partial charge in [-0.25, -0.2) is 0 Å². The molecule has 2 aromatic carbocycles. The summed E-state index contributed by atoms with van der Waals surface area (Å²) in [4.78, 5) is 27.1. The lowest BCUT2D eigenvalue weighted by Gasteiger charge is -2.52. The molecule has 2 bridgehead atoms. The summed E-state index contributed by atoms with van der Waals surface area (Å²) in [5.74, 6) is -1.10. The molecule has 2 aliphatic rings. The van der Waals surface area contributed by atoms with Crippen LogP contribution in [0.25, 0.3) is 0 Å². The molecule has 1 fully saturated rings. The van der Waals surface area contributed by atoms with E-state index < -0.39 is 17.6 Å². The van der Waals surface area contributed by atoms with Crippen molar-refractivity contribution in [3.8, 4) is 5.75 Å². The van der Waals surface area contributed by atoms with Gasteiger partial charge in [0, 0.05) is 18.9 Å². The Hall–Kier alpha value is -2.82. The number of ether oxygens (including phenoxy) is 1. The number of nitrogens with zero attached hydrogens (tertiary/aromatic N) is 1. The smallest absolute Gasteiger partial charge is 0.238 e. The Morgan fingerprint density at radius 3 is 2.63 bits per heavy atom. The highest BCUT2D eigenvalue weighted by Crippen LogP contribution is 2.49. The summed E-state index contributed by atoms with van der Waals surface area (Å²) >= 11 is 0. The van der Waals surface area contributed by atoms with Crippen LogP contribution in [0.2, 0.25) is 0 Å². The molecule has 2 heterocycles. The molecule has 27 heavy (non-hydrogen) atoms. The molecule has 4 rings (SSSR count). The maximum Gasteiger partial charge on any atom is 0.238 e. The molecule has 0 radical (unpaired) electrons. The van der Waals surface area contributed by atoms with Crippen LogP contribution in [-0.4, -0.2) is 29.0 Å². The Bertz CT molecular complexity index is 867. The average molecular weight is 364 g/mol.